The van der Waals surface area contributed by atoms with Gasteiger partial charge in [0, 0.05) is 31.9 Å². The molecule has 1 amide bonds. The smallest absolute Gasteiger partial charge is 0.298 e. The highest BCUT2D eigenvalue weighted by Gasteiger charge is 2.50. The number of rotatable bonds is 2. The van der Waals surface area contributed by atoms with E-state index in [1.165, 1.54) is 19.3 Å². The molecule has 2 saturated carbocycles. The Bertz CT molecular complexity index is 1210. The number of amides is 1. The molecule has 3 aromatic rings. The van der Waals surface area contributed by atoms with E-state index in [4.69, 9.17) is 0 Å². The van der Waals surface area contributed by atoms with Crippen LogP contribution < -0.4 is 5.56 Å². The van der Waals surface area contributed by atoms with Gasteiger partial charge in [0.15, 0.2) is 0 Å². The lowest BCUT2D eigenvalue weighted by Crippen LogP contribution is -2.38. The summed E-state index contributed by atoms with van der Waals surface area (Å²) in [5.41, 5.74) is 1.94. The van der Waals surface area contributed by atoms with E-state index in [0.29, 0.717) is 17.3 Å². The molecule has 162 valence electrons. The lowest BCUT2D eigenvalue weighted by atomic mass is 9.94. The standard InChI is InChI=1S/C13H19NO.C10H9N5O/c1-4-5-13(15)14(3)10-6-7-11-9(2)12(11)8-10;1-14-5-7(4-12-14)8-6-15-9(2-3-11-15)10(16)13-8/h9-12H,6-8H2,1-3H3;2-6H,1H3,(H,13,16)/t9-,10?,11?,12?;/m0./s1. The van der Waals surface area contributed by atoms with E-state index in [1.54, 1.807) is 40.8 Å². The Balaban J connectivity index is 0.000000150. The molecule has 31 heavy (non-hydrogen) atoms. The van der Waals surface area contributed by atoms with Gasteiger partial charge in [-0.1, -0.05) is 12.8 Å². The van der Waals surface area contributed by atoms with Crippen molar-refractivity contribution < 1.29 is 4.79 Å². The van der Waals surface area contributed by atoms with Gasteiger partial charge in [0.25, 0.3) is 11.5 Å². The van der Waals surface area contributed by atoms with Crippen molar-refractivity contribution in [3.63, 3.8) is 0 Å². The predicted octanol–water partition coefficient (Wildman–Crippen LogP) is 2.33. The van der Waals surface area contributed by atoms with Gasteiger partial charge in [0.05, 0.1) is 24.3 Å². The maximum Gasteiger partial charge on any atom is 0.298 e. The number of aromatic amines is 1. The van der Waals surface area contributed by atoms with Crippen LogP contribution in [0.1, 0.15) is 33.1 Å². The molecule has 8 nitrogen and oxygen atoms in total. The fourth-order valence-electron chi connectivity index (χ4n) is 4.68. The number of hydrogen-bond donors (Lipinski definition) is 1. The van der Waals surface area contributed by atoms with E-state index in [0.717, 1.165) is 23.3 Å². The van der Waals surface area contributed by atoms with Crippen LogP contribution in [-0.4, -0.2) is 48.3 Å². The molecule has 8 heteroatoms. The first-order chi connectivity index (χ1) is 14.9. The number of hydrogen-bond acceptors (Lipinski definition) is 4. The summed E-state index contributed by atoms with van der Waals surface area (Å²) in [6.07, 6.45) is 10.6. The number of aromatic nitrogens is 5. The first-order valence-electron chi connectivity index (χ1n) is 10.6. The Hall–Kier alpha value is -3.34. The van der Waals surface area contributed by atoms with Crippen molar-refractivity contribution in [2.45, 2.75) is 39.2 Å². The maximum atomic E-state index is 11.7. The van der Waals surface area contributed by atoms with Crippen LogP contribution >= 0.6 is 0 Å². The molecule has 0 aromatic carbocycles. The van der Waals surface area contributed by atoms with Crippen molar-refractivity contribution in [1.82, 2.24) is 29.3 Å². The molecule has 0 saturated heterocycles. The second-order valence-corrected chi connectivity index (χ2v) is 8.51. The number of nitrogens with zero attached hydrogens (tertiary/aromatic N) is 5. The van der Waals surface area contributed by atoms with E-state index in [1.807, 2.05) is 25.2 Å². The highest BCUT2D eigenvalue weighted by Crippen LogP contribution is 2.55. The van der Waals surface area contributed by atoms with Gasteiger partial charge in [-0.05, 0) is 55.9 Å². The molecule has 2 aliphatic carbocycles. The SMILES string of the molecule is CC#CC(=O)N(C)C1CCC2C(C1)[C@H]2C.Cn1cc(-c2cn3nccc3c(=O)[nH]2)cn1. The molecule has 3 aromatic heterocycles. The molecule has 1 N–H and O–H groups in total. The number of H-pyrrole nitrogens is 1. The Morgan fingerprint density at radius 2 is 2.06 bits per heavy atom. The van der Waals surface area contributed by atoms with E-state index >= 15 is 0 Å². The number of aryl methyl sites for hydroxylation is 1. The van der Waals surface area contributed by atoms with Crippen molar-refractivity contribution in [3.8, 4) is 23.1 Å². The molecule has 0 bridgehead atoms. The zero-order valence-electron chi connectivity index (χ0n) is 18.4. The fraction of sp³-hybridized carbons (Fsp3) is 0.478. The van der Waals surface area contributed by atoms with Gasteiger partial charge in [0.2, 0.25) is 0 Å². The molecule has 4 atom stereocenters. The third-order valence-electron chi connectivity index (χ3n) is 6.66. The molecular formula is C23H28N6O2. The number of fused-ring (bicyclic) bond motifs is 2. The fourth-order valence-corrected chi connectivity index (χ4v) is 4.68. The van der Waals surface area contributed by atoms with Crippen molar-refractivity contribution in [1.29, 1.82) is 0 Å². The van der Waals surface area contributed by atoms with Gasteiger partial charge in [0.1, 0.15) is 5.52 Å². The van der Waals surface area contributed by atoms with Crippen LogP contribution in [0.3, 0.4) is 0 Å². The number of carbonyl (C=O) groups is 1. The number of nitrogens with one attached hydrogen (secondary N) is 1. The van der Waals surface area contributed by atoms with Crippen LogP contribution in [0.15, 0.2) is 35.6 Å². The third-order valence-corrected chi connectivity index (χ3v) is 6.66. The minimum atomic E-state index is -0.154. The van der Waals surface area contributed by atoms with Crippen LogP contribution in [-0.2, 0) is 11.8 Å². The summed E-state index contributed by atoms with van der Waals surface area (Å²) in [6.45, 7) is 4.05. The summed E-state index contributed by atoms with van der Waals surface area (Å²) in [6, 6.07) is 2.11. The Morgan fingerprint density at radius 1 is 1.26 bits per heavy atom. The van der Waals surface area contributed by atoms with E-state index in [2.05, 4.69) is 33.9 Å². The minimum absolute atomic E-state index is 0.0192. The maximum absolute atomic E-state index is 11.7. The van der Waals surface area contributed by atoms with Gasteiger partial charge < -0.3 is 9.88 Å². The highest BCUT2D eigenvalue weighted by atomic mass is 16.2. The average Bonchev–Trinajstić information content (AvgIpc) is 3.12. The van der Waals surface area contributed by atoms with Crippen molar-refractivity contribution in [2.75, 3.05) is 7.05 Å². The summed E-state index contributed by atoms with van der Waals surface area (Å²) in [7, 11) is 3.72. The molecule has 5 rings (SSSR count). The van der Waals surface area contributed by atoms with Crippen molar-refractivity contribution >= 4 is 11.4 Å². The third kappa shape index (κ3) is 4.26. The van der Waals surface area contributed by atoms with E-state index < -0.39 is 0 Å². The van der Waals surface area contributed by atoms with E-state index in [-0.39, 0.29) is 11.5 Å². The van der Waals surface area contributed by atoms with Crippen molar-refractivity contribution in [2.24, 2.45) is 24.8 Å². The lowest BCUT2D eigenvalue weighted by Gasteiger charge is -2.29. The van der Waals surface area contributed by atoms with Crippen molar-refractivity contribution in [3.05, 3.63) is 41.2 Å². The Kier molecular flexibility index (Phi) is 5.68. The predicted molar refractivity (Wildman–Crippen MR) is 118 cm³/mol. The van der Waals surface area contributed by atoms with Crippen LogP contribution in [0, 0.1) is 29.6 Å². The summed E-state index contributed by atoms with van der Waals surface area (Å²) in [4.78, 5) is 27.9. The van der Waals surface area contributed by atoms with Crippen LogP contribution in [0.2, 0.25) is 0 Å². The molecule has 3 unspecified atom stereocenters. The van der Waals surface area contributed by atoms with Gasteiger partial charge in [-0.3, -0.25) is 14.3 Å². The zero-order chi connectivity index (χ0) is 22.1. The monoisotopic (exact) mass is 420 g/mol. The topological polar surface area (TPSA) is 88.3 Å². The van der Waals surface area contributed by atoms with Gasteiger partial charge in [-0.2, -0.15) is 10.2 Å². The second-order valence-electron chi connectivity index (χ2n) is 8.51. The normalized spacial score (nSPS) is 23.7. The van der Waals surface area contributed by atoms with Crippen LogP contribution in [0.4, 0.5) is 0 Å². The van der Waals surface area contributed by atoms with Gasteiger partial charge >= 0.3 is 0 Å². The molecule has 2 aliphatic rings. The molecule has 0 radical (unpaired) electrons. The molecule has 3 heterocycles. The van der Waals surface area contributed by atoms with Gasteiger partial charge in [-0.15, -0.1) is 0 Å². The summed E-state index contributed by atoms with van der Waals surface area (Å²) >= 11 is 0. The lowest BCUT2D eigenvalue weighted by molar-refractivity contribution is -0.126. The first kappa shape index (κ1) is 20.9. The van der Waals surface area contributed by atoms with E-state index in [9.17, 15) is 9.59 Å². The molecule has 0 spiro atoms. The van der Waals surface area contributed by atoms with Gasteiger partial charge in [-0.25, -0.2) is 4.52 Å². The summed E-state index contributed by atoms with van der Waals surface area (Å²) < 4.78 is 3.24. The molecular weight excluding hydrogens is 392 g/mol. The molecule has 0 aliphatic heterocycles. The average molecular weight is 421 g/mol. The van der Waals surface area contributed by atoms with Crippen LogP contribution in [0.5, 0.6) is 0 Å². The van der Waals surface area contributed by atoms with Crippen LogP contribution in [0.25, 0.3) is 16.8 Å². The highest BCUT2D eigenvalue weighted by molar-refractivity contribution is 5.93. The zero-order valence-corrected chi connectivity index (χ0v) is 18.4. The summed E-state index contributed by atoms with van der Waals surface area (Å²) in [5.74, 6) is 8.02. The molecule has 2 fully saturated rings. The quantitative estimate of drug-likeness (QED) is 0.645. The Morgan fingerprint density at radius 3 is 2.74 bits per heavy atom. The number of carbonyl (C=O) groups excluding carboxylic acids is 1. The second kappa shape index (κ2) is 8.42. The largest absolute Gasteiger partial charge is 0.332 e. The summed E-state index contributed by atoms with van der Waals surface area (Å²) in [5, 5.41) is 8.10. The Labute approximate surface area is 181 Å². The minimum Gasteiger partial charge on any atom is -0.332 e. The first-order valence-corrected chi connectivity index (χ1v) is 10.6.